The van der Waals surface area contributed by atoms with Crippen molar-refractivity contribution in [1.29, 1.82) is 0 Å². The monoisotopic (exact) mass is 823 g/mol. The smallest absolute Gasteiger partial charge is 0.408 e. The first-order valence-corrected chi connectivity index (χ1v) is 21.2. The van der Waals surface area contributed by atoms with Gasteiger partial charge in [-0.05, 0) is 75.1 Å². The summed E-state index contributed by atoms with van der Waals surface area (Å²) in [5.74, 6) is -3.54. The van der Waals surface area contributed by atoms with Gasteiger partial charge in [-0.2, -0.15) is 0 Å². The Hall–Kier alpha value is -4.96. The largest absolute Gasteiger partial charge is 0.484 e. The molecule has 3 heterocycles. The summed E-state index contributed by atoms with van der Waals surface area (Å²) in [6.45, 7) is 7.13. The number of fused-ring (bicyclic) bond motifs is 4. The minimum atomic E-state index is -3.94. The van der Waals surface area contributed by atoms with Crippen LogP contribution >= 0.6 is 11.6 Å². The second-order valence-corrected chi connectivity index (χ2v) is 18.2. The molecule has 2 aromatic heterocycles. The molecule has 5 atom stereocenters. The number of alkyl carbamates (subject to hydrolysis) is 1. The molecule has 3 saturated carbocycles. The normalized spacial score (nSPS) is 24.2. The van der Waals surface area contributed by atoms with E-state index in [1.54, 1.807) is 32.0 Å². The van der Waals surface area contributed by atoms with E-state index in [4.69, 9.17) is 25.5 Å². The molecule has 1 saturated heterocycles. The van der Waals surface area contributed by atoms with Crippen LogP contribution in [0.2, 0.25) is 5.02 Å². The summed E-state index contributed by atoms with van der Waals surface area (Å²) in [5.41, 5.74) is -0.418. The van der Waals surface area contributed by atoms with Crippen molar-refractivity contribution in [3.05, 3.63) is 59.9 Å². The zero-order valence-electron chi connectivity index (χ0n) is 31.4. The van der Waals surface area contributed by atoms with E-state index < -0.39 is 80.5 Å². The van der Waals surface area contributed by atoms with Gasteiger partial charge in [-0.25, -0.2) is 22.6 Å². The van der Waals surface area contributed by atoms with Gasteiger partial charge in [0, 0.05) is 29.2 Å². The van der Waals surface area contributed by atoms with E-state index in [1.165, 1.54) is 29.2 Å². The Morgan fingerprint density at radius 3 is 2.51 bits per heavy atom. The quantitative estimate of drug-likeness (QED) is 0.151. The number of nitrogens with zero attached hydrogens (tertiary/aromatic N) is 2. The zero-order chi connectivity index (χ0) is 40.4. The molecule has 0 radical (unpaired) electrons. The molecular formula is C40H43ClFN5O9S. The lowest BCUT2D eigenvalue weighted by Crippen LogP contribution is -2.59. The van der Waals surface area contributed by atoms with Crippen molar-refractivity contribution in [2.75, 3.05) is 6.54 Å². The number of halogens is 2. The van der Waals surface area contributed by atoms with Crippen LogP contribution in [-0.4, -0.2) is 83.7 Å². The molecule has 4 aliphatic rings. The summed E-state index contributed by atoms with van der Waals surface area (Å²) in [6.07, 6.45) is 3.80. The Labute approximate surface area is 332 Å². The van der Waals surface area contributed by atoms with E-state index in [0.717, 1.165) is 25.7 Å². The summed E-state index contributed by atoms with van der Waals surface area (Å²) in [6, 6.07) is 6.82. The third-order valence-electron chi connectivity index (χ3n) is 11.4. The molecule has 17 heteroatoms. The molecule has 14 nitrogen and oxygen atoms in total. The van der Waals surface area contributed by atoms with E-state index in [1.807, 2.05) is 0 Å². The molecule has 1 aliphatic heterocycles. The first kappa shape index (κ1) is 38.9. The number of likely N-dealkylation sites (tertiary alicyclic amines) is 1. The van der Waals surface area contributed by atoms with E-state index >= 15 is 0 Å². The fourth-order valence-electron chi connectivity index (χ4n) is 8.06. The minimum absolute atomic E-state index is 0.0841. The average Bonchev–Trinajstić information content (AvgIpc) is 3.99. The predicted molar refractivity (Wildman–Crippen MR) is 208 cm³/mol. The number of benzene rings is 2. The van der Waals surface area contributed by atoms with Gasteiger partial charge in [-0.1, -0.05) is 37.6 Å². The Bertz CT molecular complexity index is 2430. The third kappa shape index (κ3) is 7.37. The molecular weight excluding hydrogens is 781 g/mol. The van der Waals surface area contributed by atoms with Crippen LogP contribution in [0.15, 0.2) is 53.5 Å². The summed E-state index contributed by atoms with van der Waals surface area (Å²) < 4.78 is 60.7. The highest BCUT2D eigenvalue weighted by Crippen LogP contribution is 2.46. The van der Waals surface area contributed by atoms with Crippen LogP contribution in [0.1, 0.15) is 65.2 Å². The lowest BCUT2D eigenvalue weighted by molar-refractivity contribution is -0.141. The van der Waals surface area contributed by atoms with Crippen molar-refractivity contribution in [2.45, 2.75) is 100 Å². The highest BCUT2D eigenvalue weighted by Gasteiger charge is 2.62. The zero-order valence-corrected chi connectivity index (χ0v) is 33.0. The molecule has 0 unspecified atom stereocenters. The first-order valence-electron chi connectivity index (χ1n) is 19.2. The maximum Gasteiger partial charge on any atom is 0.408 e. The number of hydrogen-bond donors (Lipinski definition) is 3. The molecule has 2 aromatic carbocycles. The van der Waals surface area contributed by atoms with Crippen LogP contribution < -0.4 is 20.1 Å². The summed E-state index contributed by atoms with van der Waals surface area (Å²) in [4.78, 5) is 61.6. The molecule has 3 aliphatic carbocycles. The molecule has 302 valence electrons. The van der Waals surface area contributed by atoms with Gasteiger partial charge in [-0.3, -0.25) is 19.1 Å². The van der Waals surface area contributed by atoms with Gasteiger partial charge in [0.1, 0.15) is 41.2 Å². The first-order chi connectivity index (χ1) is 27.2. The molecule has 8 rings (SSSR count). The number of para-hydroxylation sites is 1. The maximum atomic E-state index is 14.6. The van der Waals surface area contributed by atoms with E-state index in [-0.39, 0.29) is 42.3 Å². The standard InChI is InChI=1S/C40H43ClFN5O9S/c1-4-21-18-40(21,38(50)46-57(52,53)25-13-14-25)45-36(48)30-17-24(19-47(30)37(49)31(20(2)3)44-39(51)55-23-8-5-6-9-23)54-34-26-15-12-22(42)16-29(26)43-32-27-10-7-11-28(41)33(27)56-35(32)34/h4,7,10-12,15-16,20-21,23-25,30-31H,1,5-6,8-9,13-14,17-19H2,2-3H3,(H,44,51)(H,45,48)(H,46,50)/t21-,24-,30+,31+,40-/m1/s1. The van der Waals surface area contributed by atoms with Gasteiger partial charge in [0.2, 0.25) is 21.8 Å². The molecule has 4 fully saturated rings. The number of carbonyl (C=O) groups is 4. The lowest BCUT2D eigenvalue weighted by Gasteiger charge is -2.31. The maximum absolute atomic E-state index is 14.6. The second kappa shape index (κ2) is 14.8. The van der Waals surface area contributed by atoms with Gasteiger partial charge < -0.3 is 29.4 Å². The Morgan fingerprint density at radius 1 is 1.07 bits per heavy atom. The molecule has 3 N–H and O–H groups in total. The van der Waals surface area contributed by atoms with Crippen LogP contribution in [0.5, 0.6) is 5.75 Å². The van der Waals surface area contributed by atoms with Crippen LogP contribution in [0, 0.1) is 17.7 Å². The predicted octanol–water partition coefficient (Wildman–Crippen LogP) is 5.64. The Balaban J connectivity index is 1.13. The number of amides is 4. The van der Waals surface area contributed by atoms with Gasteiger partial charge in [-0.15, -0.1) is 6.58 Å². The van der Waals surface area contributed by atoms with Crippen molar-refractivity contribution in [3.8, 4) is 5.75 Å². The minimum Gasteiger partial charge on any atom is -0.484 e. The van der Waals surface area contributed by atoms with Gasteiger partial charge >= 0.3 is 6.09 Å². The third-order valence-corrected chi connectivity index (χ3v) is 13.6. The van der Waals surface area contributed by atoms with E-state index in [0.29, 0.717) is 39.7 Å². The molecule has 0 spiro atoms. The average molecular weight is 824 g/mol. The van der Waals surface area contributed by atoms with Crippen molar-refractivity contribution in [1.82, 2.24) is 25.2 Å². The number of sulfonamides is 1. The van der Waals surface area contributed by atoms with Crippen LogP contribution in [0.25, 0.3) is 33.0 Å². The number of carbonyl (C=O) groups excluding carboxylic acids is 4. The number of pyridine rings is 1. The van der Waals surface area contributed by atoms with Crippen LogP contribution in [-0.2, 0) is 29.1 Å². The lowest BCUT2D eigenvalue weighted by atomic mass is 10.0. The number of hydrogen-bond acceptors (Lipinski definition) is 10. The van der Waals surface area contributed by atoms with Gasteiger partial charge in [0.15, 0.2) is 16.9 Å². The molecule has 4 amide bonds. The Morgan fingerprint density at radius 2 is 1.82 bits per heavy atom. The fraction of sp³-hybridized carbons (Fsp3) is 0.475. The molecule has 57 heavy (non-hydrogen) atoms. The topological polar surface area (TPSA) is 186 Å². The Kier molecular flexibility index (Phi) is 10.1. The molecule has 0 bridgehead atoms. The van der Waals surface area contributed by atoms with E-state index in [2.05, 4.69) is 26.9 Å². The number of rotatable bonds is 12. The van der Waals surface area contributed by atoms with Crippen LogP contribution in [0.4, 0.5) is 9.18 Å². The summed E-state index contributed by atoms with van der Waals surface area (Å²) in [7, 11) is -3.94. The van der Waals surface area contributed by atoms with Crippen LogP contribution in [0.3, 0.4) is 0 Å². The fourth-order valence-corrected chi connectivity index (χ4v) is 9.63. The van der Waals surface area contributed by atoms with Crippen molar-refractivity contribution in [3.63, 3.8) is 0 Å². The molecule has 4 aromatic rings. The number of aromatic nitrogens is 1. The van der Waals surface area contributed by atoms with Crippen molar-refractivity contribution in [2.24, 2.45) is 11.8 Å². The van der Waals surface area contributed by atoms with Gasteiger partial charge in [0.05, 0.1) is 22.3 Å². The summed E-state index contributed by atoms with van der Waals surface area (Å²) in [5, 5.41) is 6.11. The van der Waals surface area contributed by atoms with Gasteiger partial charge in [0.25, 0.3) is 5.91 Å². The summed E-state index contributed by atoms with van der Waals surface area (Å²) >= 11 is 6.49. The van der Waals surface area contributed by atoms with Crippen molar-refractivity contribution >= 4 is 78.4 Å². The number of nitrogens with one attached hydrogen (secondary N) is 3. The number of ether oxygens (including phenoxy) is 2. The highest BCUT2D eigenvalue weighted by atomic mass is 35.5. The van der Waals surface area contributed by atoms with E-state index in [9.17, 15) is 32.0 Å². The SMILES string of the molecule is C=C[C@@H]1C[C@]1(NC(=O)[C@@H]1C[C@@H](Oc2c3ccc(F)cc3nc3c2oc2c(Cl)cccc23)CN1C(=O)[C@@H](NC(=O)OC1CCCC1)C(C)C)C(=O)NS(=O)(=O)C1CC1. The highest BCUT2D eigenvalue weighted by molar-refractivity contribution is 7.91. The second-order valence-electron chi connectivity index (χ2n) is 15.8. The van der Waals surface area contributed by atoms with Crippen molar-refractivity contribution < 1.29 is 45.9 Å². The number of furan rings is 1.